The maximum Gasteiger partial charge on any atom is 0.338 e. The molecule has 0 unspecified atom stereocenters. The number of aromatic nitrogens is 1. The minimum absolute atomic E-state index is 0.00282. The van der Waals surface area contributed by atoms with E-state index in [0.29, 0.717) is 36.8 Å². The summed E-state index contributed by atoms with van der Waals surface area (Å²) in [4.78, 5) is 150. The van der Waals surface area contributed by atoms with Crippen molar-refractivity contribution >= 4 is 86.7 Å². The number of guanidine groups is 1. The molecule has 4 aromatic rings. The first-order chi connectivity index (χ1) is 39.4. The van der Waals surface area contributed by atoms with Gasteiger partial charge in [0, 0.05) is 56.5 Å². The Morgan fingerprint density at radius 2 is 1.37 bits per heavy atom. The molecule has 3 aromatic carbocycles. The maximum atomic E-state index is 15.0. The second-order valence-corrected chi connectivity index (χ2v) is 21.5. The molecule has 7 rings (SSSR count). The molecule has 82 heavy (non-hydrogen) atoms. The molecule has 0 radical (unpaired) electrons. The van der Waals surface area contributed by atoms with Gasteiger partial charge in [-0.3, -0.25) is 64.4 Å². The highest BCUT2D eigenvalue weighted by atomic mass is 16.2. The predicted octanol–water partition coefficient (Wildman–Crippen LogP) is -1.48. The van der Waals surface area contributed by atoms with Crippen molar-refractivity contribution in [3.8, 4) is 0 Å². The molecule has 3 aliphatic rings. The minimum atomic E-state index is -1.46. The predicted molar refractivity (Wildman–Crippen MR) is 305 cm³/mol. The second-order valence-electron chi connectivity index (χ2n) is 21.5. The van der Waals surface area contributed by atoms with Crippen LogP contribution in [-0.2, 0) is 60.8 Å². The quantitative estimate of drug-likeness (QED) is 0.0369. The molecule has 0 bridgehead atoms. The van der Waals surface area contributed by atoms with Gasteiger partial charge in [-0.1, -0.05) is 80.4 Å². The number of benzene rings is 3. The lowest BCUT2D eigenvalue weighted by atomic mass is 9.99. The van der Waals surface area contributed by atoms with E-state index in [1.165, 1.54) is 16.7 Å². The van der Waals surface area contributed by atoms with Gasteiger partial charge in [0.15, 0.2) is 0 Å². The third-order valence-corrected chi connectivity index (χ3v) is 15.4. The summed E-state index contributed by atoms with van der Waals surface area (Å²) in [6.45, 7) is 3.71. The Bertz CT molecular complexity index is 3010. The summed E-state index contributed by atoms with van der Waals surface area (Å²) in [6, 6.07) is 10.8. The number of fused-ring (bicyclic) bond motifs is 4. The van der Waals surface area contributed by atoms with Gasteiger partial charge in [0.2, 0.25) is 59.1 Å². The monoisotopic (exact) mass is 1130 g/mol. The molecule has 1 aromatic heterocycles. The molecule has 15 N–H and O–H groups in total. The molecule has 10 amide bonds. The lowest BCUT2D eigenvalue weighted by molar-refractivity contribution is -0.459. The average molecular weight is 1130 g/mol. The van der Waals surface area contributed by atoms with E-state index >= 15 is 0 Å². The number of nitrogens with zero attached hydrogens (tertiary/aromatic N) is 2. The van der Waals surface area contributed by atoms with Gasteiger partial charge in [-0.25, -0.2) is 0 Å². The Kier molecular flexibility index (Phi) is 21.8. The van der Waals surface area contributed by atoms with Crippen molar-refractivity contribution in [1.82, 2.24) is 52.0 Å². The standard InChI is InChI=1S/C58H78N14O10/c1-3-4-17-42(65-34(2)73)51(76)70-46-32-49(74)62-25-10-9-19-41(50(59)75)66-54(79)45(31-38-33-64-40-18-8-7-16-39(38)40)68-52(77)43(20-11-26-63-58(60)61)67-53(78)44(30-35-23-24-36-14-5-6-15-37(36)29-35)69-55(80)47-21-12-27-71(47)57(82)48-22-13-28-72(48)56(46)81/h5-8,14-16,18,23-24,29,33,41-48,64H,3-4,9-13,17,19-22,25-28,30-32H2,1-2H3,(H2,59,75)(H,62,74)(H,65,73)(H,66,79)(H,67,78)(H,68,77)(H,69,80)(H,70,76)(H4,60,61,63)/p+1/t41-,42-,43-,44+,45-,46-,47-,48-/m0/s1. The van der Waals surface area contributed by atoms with Crippen LogP contribution in [0, 0.1) is 0 Å². The zero-order valence-corrected chi connectivity index (χ0v) is 46.7. The first kappa shape index (κ1) is 61.1. The molecule has 4 heterocycles. The van der Waals surface area contributed by atoms with Crippen LogP contribution in [-0.4, -0.2) is 154 Å². The van der Waals surface area contributed by atoms with Gasteiger partial charge in [-0.2, -0.15) is 0 Å². The van der Waals surface area contributed by atoms with Crippen molar-refractivity contribution in [3.05, 3.63) is 84.1 Å². The van der Waals surface area contributed by atoms with Gasteiger partial charge in [-0.15, -0.1) is 0 Å². The van der Waals surface area contributed by atoms with Crippen molar-refractivity contribution in [2.45, 2.75) is 158 Å². The minimum Gasteiger partial charge on any atom is -0.368 e. The number of nitrogens with one attached hydrogen (secondary N) is 9. The zero-order valence-electron chi connectivity index (χ0n) is 46.7. The lowest BCUT2D eigenvalue weighted by Crippen LogP contribution is -2.78. The van der Waals surface area contributed by atoms with Gasteiger partial charge in [0.25, 0.3) is 0 Å². The number of amides is 10. The molecular formula is C58H79N14O10+. The van der Waals surface area contributed by atoms with Gasteiger partial charge in [-0.05, 0) is 92.2 Å². The molecule has 3 saturated heterocycles. The van der Waals surface area contributed by atoms with Crippen LogP contribution in [0.5, 0.6) is 0 Å². The summed E-state index contributed by atoms with van der Waals surface area (Å²) in [5.74, 6) is -6.81. The van der Waals surface area contributed by atoms with Crippen LogP contribution in [0.1, 0.15) is 108 Å². The van der Waals surface area contributed by atoms with E-state index in [1.54, 1.807) is 6.20 Å². The number of H-pyrrole nitrogens is 1. The Hall–Kier alpha value is -8.57. The number of para-hydroxylation sites is 1. The Morgan fingerprint density at radius 3 is 2.10 bits per heavy atom. The van der Waals surface area contributed by atoms with Gasteiger partial charge in [0.05, 0.1) is 13.0 Å². The van der Waals surface area contributed by atoms with Crippen LogP contribution in [0.15, 0.2) is 72.9 Å². The van der Waals surface area contributed by atoms with Crippen LogP contribution in [0.25, 0.3) is 21.7 Å². The molecule has 0 spiro atoms. The third-order valence-electron chi connectivity index (χ3n) is 15.4. The van der Waals surface area contributed by atoms with E-state index in [-0.39, 0.29) is 96.3 Å². The van der Waals surface area contributed by atoms with E-state index in [0.717, 1.165) is 21.7 Å². The highest BCUT2D eigenvalue weighted by molar-refractivity contribution is 6.00. The highest BCUT2D eigenvalue weighted by Crippen LogP contribution is 2.27. The summed E-state index contributed by atoms with van der Waals surface area (Å²) < 4.78 is 0. The number of carbonyl (C=O) groups excluding carboxylic acids is 10. The number of rotatable bonds is 15. The van der Waals surface area contributed by atoms with E-state index in [2.05, 4.69) is 47.2 Å². The van der Waals surface area contributed by atoms with Crippen LogP contribution in [0.2, 0.25) is 0 Å². The van der Waals surface area contributed by atoms with E-state index in [4.69, 9.17) is 17.2 Å². The van der Waals surface area contributed by atoms with Crippen molar-refractivity contribution < 1.29 is 52.9 Å². The summed E-state index contributed by atoms with van der Waals surface area (Å²) in [5.41, 5.74) is 19.3. The first-order valence-corrected chi connectivity index (χ1v) is 28.5. The fourth-order valence-electron chi connectivity index (χ4n) is 11.1. The Labute approximate surface area is 476 Å². The lowest BCUT2D eigenvalue weighted by Gasteiger charge is -2.33. The molecule has 8 atom stereocenters. The van der Waals surface area contributed by atoms with E-state index in [1.807, 2.05) is 73.7 Å². The van der Waals surface area contributed by atoms with Crippen LogP contribution < -0.4 is 59.4 Å². The largest absolute Gasteiger partial charge is 0.368 e. The van der Waals surface area contributed by atoms with Crippen molar-refractivity contribution in [2.75, 3.05) is 26.2 Å². The Balaban J connectivity index is 1.24. The molecule has 24 heteroatoms. The molecule has 440 valence electrons. The first-order valence-electron chi connectivity index (χ1n) is 28.5. The molecule has 3 aliphatic heterocycles. The number of aromatic amines is 1. The molecule has 24 nitrogen and oxygen atoms in total. The number of carbonyl (C=O) groups is 10. The number of unbranched alkanes of at least 4 members (excludes halogenated alkanes) is 1. The third kappa shape index (κ3) is 16.5. The fourth-order valence-corrected chi connectivity index (χ4v) is 11.1. The van der Waals surface area contributed by atoms with Gasteiger partial charge in [0.1, 0.15) is 48.3 Å². The number of nitrogens with two attached hydrogens (primary N) is 3. The number of hydrogen-bond donors (Lipinski definition) is 12. The average Bonchev–Trinajstić information content (AvgIpc) is 4.43. The highest BCUT2D eigenvalue weighted by Gasteiger charge is 2.45. The van der Waals surface area contributed by atoms with Crippen LogP contribution in [0.4, 0.5) is 0 Å². The normalized spacial score (nSPS) is 23.3. The van der Waals surface area contributed by atoms with Crippen LogP contribution >= 0.6 is 0 Å². The molecule has 3 fully saturated rings. The van der Waals surface area contributed by atoms with Crippen molar-refractivity contribution in [1.29, 1.82) is 0 Å². The molecular weight excluding hydrogens is 1050 g/mol. The van der Waals surface area contributed by atoms with E-state index < -0.39 is 114 Å². The van der Waals surface area contributed by atoms with Gasteiger partial charge >= 0.3 is 5.96 Å². The Morgan fingerprint density at radius 1 is 0.707 bits per heavy atom. The smallest absolute Gasteiger partial charge is 0.338 e. The van der Waals surface area contributed by atoms with Crippen LogP contribution in [0.3, 0.4) is 0 Å². The summed E-state index contributed by atoms with van der Waals surface area (Å²) in [5, 5.41) is 22.1. The molecule has 0 aliphatic carbocycles. The SMILES string of the molecule is CCCC[C@H](NC(C)=O)C(=O)N[C@H]1CC(=O)NCCCC[C@@H](C(N)=O)NC(=O)[C@H](Cc2c[nH]c3ccccc23)NC(=O)[C@H](CCC[NH+]=C(N)N)NC(=O)[C@@H](Cc2ccc3ccccc3c2)NC(=O)[C@@H]2CCCN2C(=O)[C@@H]2CCCN2C1=O. The maximum absolute atomic E-state index is 15.0. The van der Waals surface area contributed by atoms with Gasteiger partial charge < -0.3 is 57.7 Å². The summed E-state index contributed by atoms with van der Waals surface area (Å²) in [6.07, 6.45) is 4.70. The summed E-state index contributed by atoms with van der Waals surface area (Å²) in [7, 11) is 0. The number of primary amides is 1. The second kappa shape index (κ2) is 29.2. The topological polar surface area (TPSA) is 369 Å². The molecule has 0 saturated carbocycles. The summed E-state index contributed by atoms with van der Waals surface area (Å²) >= 11 is 0. The van der Waals surface area contributed by atoms with Crippen molar-refractivity contribution in [2.24, 2.45) is 17.2 Å². The fraction of sp³-hybridized carbons (Fsp3) is 0.500. The van der Waals surface area contributed by atoms with Crippen molar-refractivity contribution in [3.63, 3.8) is 0 Å². The zero-order chi connectivity index (χ0) is 58.9. The number of hydrogen-bond acceptors (Lipinski definition) is 10. The van der Waals surface area contributed by atoms with E-state index in [9.17, 15) is 47.9 Å².